The molecule has 118 valence electrons. The van der Waals surface area contributed by atoms with Crippen molar-refractivity contribution < 1.29 is 14.7 Å². The standard InChI is InChI=1S/C16H16N4O3/c21-15(10-5-1-2-6-11(10)16(22)23)20-19-14-12-7-3-4-8-13(12)17-9-18-14/h1-4,7-11H,5-6H2,(H,20,21)(H,22,23)(H,17,18,19)/p-1/t10-,11+/m1/s1. The number of aliphatic carboxylic acids is 1. The van der Waals surface area contributed by atoms with Crippen LogP contribution in [0.15, 0.2) is 42.7 Å². The number of anilines is 1. The van der Waals surface area contributed by atoms with Crippen molar-refractivity contribution in [1.29, 1.82) is 0 Å². The smallest absolute Gasteiger partial charge is 0.242 e. The number of carbonyl (C=O) groups excluding carboxylic acids is 2. The second-order valence-corrected chi connectivity index (χ2v) is 5.33. The molecule has 1 aliphatic rings. The molecule has 2 aromatic rings. The number of amides is 1. The molecule has 23 heavy (non-hydrogen) atoms. The number of nitrogens with one attached hydrogen (secondary N) is 2. The maximum absolute atomic E-state index is 12.3. The first-order valence-corrected chi connectivity index (χ1v) is 7.28. The molecular weight excluding hydrogens is 296 g/mol. The second kappa shape index (κ2) is 6.43. The van der Waals surface area contributed by atoms with Crippen molar-refractivity contribution in [3.63, 3.8) is 0 Å². The summed E-state index contributed by atoms with van der Waals surface area (Å²) in [5, 5.41) is 11.9. The number of fused-ring (bicyclic) bond motifs is 1. The first kappa shape index (κ1) is 15.0. The number of carboxylic acids is 1. The third-order valence-corrected chi connectivity index (χ3v) is 3.92. The molecule has 0 fully saturated rings. The van der Waals surface area contributed by atoms with E-state index in [-0.39, 0.29) is 0 Å². The fourth-order valence-corrected chi connectivity index (χ4v) is 2.68. The Morgan fingerprint density at radius 3 is 2.61 bits per heavy atom. The number of rotatable bonds is 4. The number of nitrogens with zero attached hydrogens (tertiary/aromatic N) is 2. The van der Waals surface area contributed by atoms with Crippen LogP contribution in [0.25, 0.3) is 10.9 Å². The van der Waals surface area contributed by atoms with E-state index in [2.05, 4.69) is 20.8 Å². The topological polar surface area (TPSA) is 107 Å². The highest BCUT2D eigenvalue weighted by atomic mass is 16.4. The fraction of sp³-hybridized carbons (Fsp3) is 0.250. The number of benzene rings is 1. The van der Waals surface area contributed by atoms with Crippen LogP contribution in [-0.4, -0.2) is 21.8 Å². The minimum absolute atomic E-state index is 0.302. The molecule has 0 bridgehead atoms. The summed E-state index contributed by atoms with van der Waals surface area (Å²) in [7, 11) is 0. The van der Waals surface area contributed by atoms with Gasteiger partial charge in [-0.1, -0.05) is 24.3 Å². The van der Waals surface area contributed by atoms with Crippen molar-refractivity contribution >= 4 is 28.6 Å². The van der Waals surface area contributed by atoms with Crippen molar-refractivity contribution in [2.75, 3.05) is 5.43 Å². The van der Waals surface area contributed by atoms with Crippen LogP contribution in [-0.2, 0) is 9.59 Å². The maximum Gasteiger partial charge on any atom is 0.242 e. The molecule has 0 aliphatic heterocycles. The second-order valence-electron chi connectivity index (χ2n) is 5.33. The van der Waals surface area contributed by atoms with Gasteiger partial charge >= 0.3 is 0 Å². The molecular formula is C16H15N4O3-. The quantitative estimate of drug-likeness (QED) is 0.625. The molecule has 1 aliphatic carbocycles. The van der Waals surface area contributed by atoms with Crippen LogP contribution in [0.2, 0.25) is 0 Å². The Morgan fingerprint density at radius 2 is 1.83 bits per heavy atom. The van der Waals surface area contributed by atoms with Gasteiger partial charge in [0.1, 0.15) is 6.33 Å². The Labute approximate surface area is 132 Å². The van der Waals surface area contributed by atoms with Gasteiger partial charge in [0, 0.05) is 17.3 Å². The molecule has 1 heterocycles. The van der Waals surface area contributed by atoms with Gasteiger partial charge in [0.2, 0.25) is 5.91 Å². The van der Waals surface area contributed by atoms with Crippen LogP contribution < -0.4 is 16.0 Å². The summed E-state index contributed by atoms with van der Waals surface area (Å²) in [6.07, 6.45) is 5.64. The molecule has 1 aromatic heterocycles. The number of hydrogen-bond acceptors (Lipinski definition) is 6. The molecule has 0 saturated heterocycles. The van der Waals surface area contributed by atoms with Crippen LogP contribution in [0.1, 0.15) is 12.8 Å². The van der Waals surface area contributed by atoms with Gasteiger partial charge in [-0.25, -0.2) is 9.97 Å². The Kier molecular flexibility index (Phi) is 4.18. The lowest BCUT2D eigenvalue weighted by Gasteiger charge is -2.28. The normalized spacial score (nSPS) is 20.2. The van der Waals surface area contributed by atoms with E-state index in [1.807, 2.05) is 30.3 Å². The lowest BCUT2D eigenvalue weighted by Crippen LogP contribution is -2.45. The van der Waals surface area contributed by atoms with Crippen LogP contribution in [0.4, 0.5) is 5.82 Å². The van der Waals surface area contributed by atoms with Gasteiger partial charge in [-0.05, 0) is 25.0 Å². The van der Waals surface area contributed by atoms with Crippen LogP contribution in [0.3, 0.4) is 0 Å². The molecule has 2 atom stereocenters. The largest absolute Gasteiger partial charge is 0.550 e. The Bertz CT molecular complexity index is 770. The predicted octanol–water partition coefficient (Wildman–Crippen LogP) is 0.405. The van der Waals surface area contributed by atoms with E-state index in [0.717, 1.165) is 10.9 Å². The highest BCUT2D eigenvalue weighted by molar-refractivity contribution is 5.90. The van der Waals surface area contributed by atoms with Gasteiger partial charge in [-0.15, -0.1) is 0 Å². The zero-order chi connectivity index (χ0) is 16.2. The summed E-state index contributed by atoms with van der Waals surface area (Å²) in [6.45, 7) is 0. The highest BCUT2D eigenvalue weighted by Gasteiger charge is 2.29. The zero-order valence-corrected chi connectivity index (χ0v) is 12.2. The van der Waals surface area contributed by atoms with Gasteiger partial charge in [-0.2, -0.15) is 0 Å². The van der Waals surface area contributed by atoms with Crippen LogP contribution in [0.5, 0.6) is 0 Å². The van der Waals surface area contributed by atoms with Crippen molar-refractivity contribution in [3.05, 3.63) is 42.7 Å². The number of para-hydroxylation sites is 1. The van der Waals surface area contributed by atoms with Gasteiger partial charge < -0.3 is 9.90 Å². The summed E-state index contributed by atoms with van der Waals surface area (Å²) in [4.78, 5) is 31.7. The van der Waals surface area contributed by atoms with E-state index in [4.69, 9.17) is 0 Å². The Morgan fingerprint density at radius 1 is 1.09 bits per heavy atom. The molecule has 0 saturated carbocycles. The number of carboxylic acid groups (broad SMARTS) is 1. The molecule has 1 amide bonds. The molecule has 0 spiro atoms. The van der Waals surface area contributed by atoms with Crippen molar-refractivity contribution in [1.82, 2.24) is 15.4 Å². The summed E-state index contributed by atoms with van der Waals surface area (Å²) in [5.74, 6) is -2.62. The maximum atomic E-state index is 12.3. The van der Waals surface area contributed by atoms with E-state index in [1.54, 1.807) is 6.08 Å². The van der Waals surface area contributed by atoms with Crippen molar-refractivity contribution in [2.24, 2.45) is 11.8 Å². The van der Waals surface area contributed by atoms with E-state index < -0.39 is 23.7 Å². The summed E-state index contributed by atoms with van der Waals surface area (Å²) in [5.41, 5.74) is 6.04. The van der Waals surface area contributed by atoms with E-state index in [9.17, 15) is 14.7 Å². The first-order chi connectivity index (χ1) is 11.2. The van der Waals surface area contributed by atoms with Crippen LogP contribution in [0, 0.1) is 11.8 Å². The SMILES string of the molecule is O=C([O-])[C@H]1CC=CC[C@H]1C(=O)NNc1ncnc2ccccc12. The number of carbonyl (C=O) groups is 2. The van der Waals surface area contributed by atoms with Gasteiger partial charge in [0.25, 0.3) is 0 Å². The van der Waals surface area contributed by atoms with Gasteiger partial charge in [-0.3, -0.25) is 15.6 Å². The third kappa shape index (κ3) is 3.13. The Hall–Kier alpha value is -2.96. The minimum atomic E-state index is -1.21. The summed E-state index contributed by atoms with van der Waals surface area (Å²) >= 11 is 0. The first-order valence-electron chi connectivity index (χ1n) is 7.28. The van der Waals surface area contributed by atoms with E-state index in [0.29, 0.717) is 18.7 Å². The van der Waals surface area contributed by atoms with Gasteiger partial charge in [0.15, 0.2) is 5.82 Å². The van der Waals surface area contributed by atoms with Crippen molar-refractivity contribution in [3.8, 4) is 0 Å². The number of hydrogen-bond donors (Lipinski definition) is 2. The molecule has 7 nitrogen and oxygen atoms in total. The molecule has 7 heteroatoms. The third-order valence-electron chi connectivity index (χ3n) is 3.92. The highest BCUT2D eigenvalue weighted by Crippen LogP contribution is 2.25. The number of aromatic nitrogens is 2. The zero-order valence-electron chi connectivity index (χ0n) is 12.2. The molecule has 0 unspecified atom stereocenters. The molecule has 3 rings (SSSR count). The van der Waals surface area contributed by atoms with E-state index >= 15 is 0 Å². The van der Waals surface area contributed by atoms with Crippen molar-refractivity contribution in [2.45, 2.75) is 12.8 Å². The molecule has 0 radical (unpaired) electrons. The van der Waals surface area contributed by atoms with Gasteiger partial charge in [0.05, 0.1) is 11.4 Å². The van der Waals surface area contributed by atoms with Crippen LogP contribution >= 0.6 is 0 Å². The lowest BCUT2D eigenvalue weighted by molar-refractivity contribution is -0.313. The lowest BCUT2D eigenvalue weighted by atomic mass is 9.82. The number of hydrazine groups is 1. The van der Waals surface area contributed by atoms with E-state index in [1.165, 1.54) is 6.33 Å². The summed E-state index contributed by atoms with van der Waals surface area (Å²) < 4.78 is 0. The monoisotopic (exact) mass is 311 g/mol. The molecule has 1 aromatic carbocycles. The minimum Gasteiger partial charge on any atom is -0.550 e. The molecule has 2 N–H and O–H groups in total. The predicted molar refractivity (Wildman–Crippen MR) is 81.7 cm³/mol. The number of allylic oxidation sites excluding steroid dienone is 2. The average molecular weight is 311 g/mol. The summed E-state index contributed by atoms with van der Waals surface area (Å²) in [6, 6.07) is 7.37. The Balaban J connectivity index is 1.73. The fourth-order valence-electron chi connectivity index (χ4n) is 2.68. The average Bonchev–Trinajstić information content (AvgIpc) is 2.59.